The zero-order valence-electron chi connectivity index (χ0n) is 14.2. The van der Waals surface area contributed by atoms with Crippen molar-refractivity contribution in [3.63, 3.8) is 0 Å². The summed E-state index contributed by atoms with van der Waals surface area (Å²) in [4.78, 5) is 6.59. The van der Waals surface area contributed by atoms with E-state index in [1.807, 2.05) is 26.1 Å². The van der Waals surface area contributed by atoms with E-state index in [1.165, 1.54) is 10.5 Å². The number of aromatic nitrogens is 1. The fourth-order valence-corrected chi connectivity index (χ4v) is 4.28. The van der Waals surface area contributed by atoms with E-state index in [0.29, 0.717) is 23.9 Å². The number of hydrogen-bond acceptors (Lipinski definition) is 5. The molecule has 2 heterocycles. The highest BCUT2D eigenvalue weighted by atomic mass is 35.5. The number of aryl methyl sites for hydroxylation is 1. The molecule has 25 heavy (non-hydrogen) atoms. The summed E-state index contributed by atoms with van der Waals surface area (Å²) in [5.41, 5.74) is 1.87. The third kappa shape index (κ3) is 4.12. The second kappa shape index (κ2) is 7.29. The highest BCUT2D eigenvalue weighted by molar-refractivity contribution is 7.89. The first-order chi connectivity index (χ1) is 11.9. The summed E-state index contributed by atoms with van der Waals surface area (Å²) < 4.78 is 26.9. The molecule has 0 atom stereocenters. The largest absolute Gasteiger partial charge is 0.340 e. The van der Waals surface area contributed by atoms with Crippen molar-refractivity contribution in [1.82, 2.24) is 14.2 Å². The molecule has 1 N–H and O–H groups in total. The minimum Gasteiger partial charge on any atom is -0.340 e. The molecule has 1 aromatic carbocycles. The van der Waals surface area contributed by atoms with Gasteiger partial charge in [0.1, 0.15) is 10.7 Å². The lowest BCUT2D eigenvalue weighted by molar-refractivity contribution is 0.222. The summed E-state index contributed by atoms with van der Waals surface area (Å²) in [5, 5.41) is 3.85. The van der Waals surface area contributed by atoms with E-state index in [2.05, 4.69) is 15.2 Å². The Morgan fingerprint density at radius 1 is 1.12 bits per heavy atom. The Morgan fingerprint density at radius 3 is 2.44 bits per heavy atom. The van der Waals surface area contributed by atoms with Gasteiger partial charge in [-0.15, -0.1) is 0 Å². The van der Waals surface area contributed by atoms with Gasteiger partial charge in [-0.3, -0.25) is 0 Å². The Hall–Kier alpha value is -1.67. The number of rotatable bonds is 4. The molecule has 2 aromatic rings. The van der Waals surface area contributed by atoms with Crippen molar-refractivity contribution >= 4 is 33.1 Å². The van der Waals surface area contributed by atoms with Gasteiger partial charge < -0.3 is 10.2 Å². The van der Waals surface area contributed by atoms with Crippen molar-refractivity contribution in [3.05, 3.63) is 47.1 Å². The van der Waals surface area contributed by atoms with E-state index < -0.39 is 10.0 Å². The van der Waals surface area contributed by atoms with Crippen LogP contribution in [0.3, 0.4) is 0 Å². The summed E-state index contributed by atoms with van der Waals surface area (Å²) in [5.74, 6) is 0.586. The molecule has 0 spiro atoms. The number of anilines is 2. The molecular formula is C17H21ClN4O2S. The first kappa shape index (κ1) is 18.1. The molecule has 3 rings (SSSR count). The lowest BCUT2D eigenvalue weighted by Crippen LogP contribution is -2.47. The maximum atomic E-state index is 12.7. The SMILES string of the molecule is Cc1cc(Cl)ccc1Nc1ccc(S(=O)(=O)N2CCN(C)CC2)cn1. The molecule has 0 saturated carbocycles. The van der Waals surface area contributed by atoms with E-state index in [4.69, 9.17) is 11.6 Å². The van der Waals surface area contributed by atoms with Crippen LogP contribution >= 0.6 is 11.6 Å². The topological polar surface area (TPSA) is 65.5 Å². The molecule has 0 unspecified atom stereocenters. The van der Waals surface area contributed by atoms with E-state index in [9.17, 15) is 8.42 Å². The number of nitrogens with one attached hydrogen (secondary N) is 1. The van der Waals surface area contributed by atoms with Crippen molar-refractivity contribution in [1.29, 1.82) is 0 Å². The molecule has 0 radical (unpaired) electrons. The number of nitrogens with zero attached hydrogens (tertiary/aromatic N) is 3. The fraction of sp³-hybridized carbons (Fsp3) is 0.353. The molecule has 0 bridgehead atoms. The summed E-state index contributed by atoms with van der Waals surface area (Å²) in [6.45, 7) is 4.43. The molecule has 0 aliphatic carbocycles. The van der Waals surface area contributed by atoms with Gasteiger partial charge in [0.2, 0.25) is 10.0 Å². The quantitative estimate of drug-likeness (QED) is 0.883. The van der Waals surface area contributed by atoms with Crippen LogP contribution < -0.4 is 5.32 Å². The zero-order chi connectivity index (χ0) is 18.0. The van der Waals surface area contributed by atoms with Gasteiger partial charge in [-0.05, 0) is 49.9 Å². The summed E-state index contributed by atoms with van der Waals surface area (Å²) >= 11 is 5.96. The highest BCUT2D eigenvalue weighted by Crippen LogP contribution is 2.24. The Labute approximate surface area is 153 Å². The molecular weight excluding hydrogens is 360 g/mol. The Kier molecular flexibility index (Phi) is 5.29. The normalized spacial score (nSPS) is 16.8. The van der Waals surface area contributed by atoms with Crippen molar-refractivity contribution in [2.75, 3.05) is 38.5 Å². The third-order valence-electron chi connectivity index (χ3n) is 4.29. The number of hydrogen-bond donors (Lipinski definition) is 1. The van der Waals surface area contributed by atoms with Crippen molar-refractivity contribution in [3.8, 4) is 0 Å². The maximum absolute atomic E-state index is 12.7. The van der Waals surface area contributed by atoms with Gasteiger partial charge in [-0.25, -0.2) is 13.4 Å². The minimum absolute atomic E-state index is 0.218. The van der Waals surface area contributed by atoms with Crippen molar-refractivity contribution < 1.29 is 8.42 Å². The predicted octanol–water partition coefficient (Wildman–Crippen LogP) is 2.72. The average Bonchev–Trinajstić information content (AvgIpc) is 2.58. The number of pyridine rings is 1. The Morgan fingerprint density at radius 2 is 1.84 bits per heavy atom. The first-order valence-corrected chi connectivity index (χ1v) is 9.86. The van der Waals surface area contributed by atoms with Gasteiger partial charge in [-0.1, -0.05) is 11.6 Å². The smallest absolute Gasteiger partial charge is 0.244 e. The van der Waals surface area contributed by atoms with Crippen LogP contribution in [-0.2, 0) is 10.0 Å². The van der Waals surface area contributed by atoms with E-state index in [0.717, 1.165) is 24.3 Å². The lowest BCUT2D eigenvalue weighted by atomic mass is 10.2. The molecule has 134 valence electrons. The fourth-order valence-electron chi connectivity index (χ4n) is 2.69. The van der Waals surface area contributed by atoms with Crippen LogP contribution in [-0.4, -0.2) is 55.8 Å². The van der Waals surface area contributed by atoms with Gasteiger partial charge in [0.15, 0.2) is 0 Å². The number of benzene rings is 1. The Bertz CT molecular complexity index is 847. The van der Waals surface area contributed by atoms with Gasteiger partial charge in [0, 0.05) is 43.1 Å². The van der Waals surface area contributed by atoms with Crippen LogP contribution in [0.2, 0.25) is 5.02 Å². The second-order valence-electron chi connectivity index (χ2n) is 6.17. The molecule has 1 fully saturated rings. The van der Waals surface area contributed by atoms with Gasteiger partial charge >= 0.3 is 0 Å². The monoisotopic (exact) mass is 380 g/mol. The minimum atomic E-state index is -3.49. The molecule has 6 nitrogen and oxygen atoms in total. The summed E-state index contributed by atoms with van der Waals surface area (Å²) in [6.07, 6.45) is 1.40. The van der Waals surface area contributed by atoms with Crippen LogP contribution in [0.4, 0.5) is 11.5 Å². The lowest BCUT2D eigenvalue weighted by Gasteiger charge is -2.31. The van der Waals surface area contributed by atoms with Gasteiger partial charge in [0.25, 0.3) is 0 Å². The summed E-state index contributed by atoms with van der Waals surface area (Å²) in [7, 11) is -1.50. The Balaban J connectivity index is 1.75. The molecule has 1 aliphatic heterocycles. The van der Waals surface area contributed by atoms with E-state index in [-0.39, 0.29) is 4.90 Å². The van der Waals surface area contributed by atoms with E-state index >= 15 is 0 Å². The third-order valence-corrected chi connectivity index (χ3v) is 6.40. The average molecular weight is 381 g/mol. The molecule has 0 amide bonds. The molecule has 1 saturated heterocycles. The summed E-state index contributed by atoms with van der Waals surface area (Å²) in [6, 6.07) is 8.79. The van der Waals surface area contributed by atoms with Crippen molar-refractivity contribution in [2.24, 2.45) is 0 Å². The van der Waals surface area contributed by atoms with Gasteiger partial charge in [0.05, 0.1) is 0 Å². The molecule has 8 heteroatoms. The molecule has 1 aliphatic rings. The van der Waals surface area contributed by atoms with Crippen molar-refractivity contribution in [2.45, 2.75) is 11.8 Å². The van der Waals surface area contributed by atoms with Crippen LogP contribution in [0.5, 0.6) is 0 Å². The maximum Gasteiger partial charge on any atom is 0.244 e. The zero-order valence-corrected chi connectivity index (χ0v) is 15.8. The number of piperazine rings is 1. The first-order valence-electron chi connectivity index (χ1n) is 8.04. The predicted molar refractivity (Wildman–Crippen MR) is 100.0 cm³/mol. The number of likely N-dealkylation sites (N-methyl/N-ethyl adjacent to an activating group) is 1. The van der Waals surface area contributed by atoms with E-state index in [1.54, 1.807) is 18.2 Å². The highest BCUT2D eigenvalue weighted by Gasteiger charge is 2.27. The molecule has 1 aromatic heterocycles. The number of sulfonamides is 1. The standard InChI is InChI=1S/C17H21ClN4O2S/c1-13-11-14(18)3-5-16(13)20-17-6-4-15(12-19-17)25(23,24)22-9-7-21(2)8-10-22/h3-6,11-12H,7-10H2,1-2H3,(H,19,20). The van der Waals surface area contributed by atoms with Crippen LogP contribution in [0.15, 0.2) is 41.4 Å². The second-order valence-corrected chi connectivity index (χ2v) is 8.55. The van der Waals surface area contributed by atoms with Crippen LogP contribution in [0.25, 0.3) is 0 Å². The van der Waals surface area contributed by atoms with Crippen LogP contribution in [0, 0.1) is 6.92 Å². The van der Waals surface area contributed by atoms with Crippen LogP contribution in [0.1, 0.15) is 5.56 Å². The number of halogens is 1. The van der Waals surface area contributed by atoms with Gasteiger partial charge in [-0.2, -0.15) is 4.31 Å².